The molecule has 2 aromatic rings. The molecule has 6 nitrogen and oxygen atoms in total. The summed E-state index contributed by atoms with van der Waals surface area (Å²) in [7, 11) is 0. The third kappa shape index (κ3) is 3.42. The molecule has 4 saturated carbocycles. The lowest BCUT2D eigenvalue weighted by Gasteiger charge is -2.57. The predicted molar refractivity (Wildman–Crippen MR) is 122 cm³/mol. The molecule has 0 amide bonds. The second-order valence-corrected chi connectivity index (χ2v) is 11.8. The maximum Gasteiger partial charge on any atom is 0.266 e. The molecular weight excluding hydrogens is 438 g/mol. The van der Waals surface area contributed by atoms with E-state index >= 15 is 0 Å². The van der Waals surface area contributed by atoms with E-state index in [1.807, 2.05) is 0 Å². The summed E-state index contributed by atoms with van der Waals surface area (Å²) >= 11 is 0. The fourth-order valence-corrected chi connectivity index (χ4v) is 8.77. The van der Waals surface area contributed by atoms with E-state index in [0.29, 0.717) is 35.6 Å². The van der Waals surface area contributed by atoms with Crippen molar-refractivity contribution in [3.05, 3.63) is 18.5 Å². The molecule has 4 aliphatic carbocycles. The number of aliphatic hydroxyl groups is 1. The molecule has 0 radical (unpaired) electrons. The zero-order valence-corrected chi connectivity index (χ0v) is 19.7. The van der Waals surface area contributed by atoms with Gasteiger partial charge in [-0.2, -0.15) is 15.0 Å². The number of carbonyl (C=O) groups is 1. The van der Waals surface area contributed by atoms with Crippen LogP contribution in [0.25, 0.3) is 11.0 Å². The Balaban J connectivity index is 1.17. The topological polar surface area (TPSA) is 80.9 Å². The molecular formula is C26H34F2N4O2. The summed E-state index contributed by atoms with van der Waals surface area (Å²) in [6, 6.07) is 1.81. The average molecular weight is 473 g/mol. The summed E-state index contributed by atoms with van der Waals surface area (Å²) in [5.74, 6) is 2.57. The molecule has 2 heterocycles. The second-order valence-electron chi connectivity index (χ2n) is 11.8. The van der Waals surface area contributed by atoms with Crippen LogP contribution >= 0.6 is 0 Å². The van der Waals surface area contributed by atoms with E-state index < -0.39 is 12.0 Å². The lowest BCUT2D eigenvalue weighted by atomic mass is 9.49. The maximum absolute atomic E-state index is 13.5. The zero-order valence-electron chi connectivity index (χ0n) is 19.7. The van der Waals surface area contributed by atoms with Crippen molar-refractivity contribution in [2.75, 3.05) is 0 Å². The Morgan fingerprint density at radius 1 is 1.09 bits per heavy atom. The highest BCUT2D eigenvalue weighted by atomic mass is 19.3. The summed E-state index contributed by atoms with van der Waals surface area (Å²) in [6.07, 6.45) is 7.96. The first-order valence-corrected chi connectivity index (χ1v) is 13.0. The minimum atomic E-state index is -2.65. The van der Waals surface area contributed by atoms with E-state index in [9.17, 15) is 18.7 Å². The second kappa shape index (κ2) is 8.04. The van der Waals surface area contributed by atoms with Crippen LogP contribution in [0.5, 0.6) is 0 Å². The van der Waals surface area contributed by atoms with Gasteiger partial charge >= 0.3 is 0 Å². The van der Waals surface area contributed by atoms with E-state index in [2.05, 4.69) is 22.1 Å². The van der Waals surface area contributed by atoms with Crippen molar-refractivity contribution in [2.24, 2.45) is 40.9 Å². The Labute approximate surface area is 198 Å². The summed E-state index contributed by atoms with van der Waals surface area (Å²) in [4.78, 5) is 19.1. The molecule has 184 valence electrons. The molecule has 0 spiro atoms. The number of hydrogen-bond acceptors (Lipinski definition) is 5. The van der Waals surface area contributed by atoms with Gasteiger partial charge in [0, 0.05) is 12.1 Å². The van der Waals surface area contributed by atoms with Crippen LogP contribution in [0, 0.1) is 40.9 Å². The smallest absolute Gasteiger partial charge is 0.266 e. The highest BCUT2D eigenvalue weighted by molar-refractivity contribution is 5.82. The summed E-state index contributed by atoms with van der Waals surface area (Å²) in [6.45, 7) is 2.52. The molecule has 4 fully saturated rings. The molecule has 0 aromatic carbocycles. The van der Waals surface area contributed by atoms with Crippen molar-refractivity contribution >= 4 is 16.8 Å². The fraction of sp³-hybridized carbons (Fsp3) is 0.769. The predicted octanol–water partition coefficient (Wildman–Crippen LogP) is 4.66. The molecule has 8 atom stereocenters. The molecule has 2 aromatic heterocycles. The Morgan fingerprint density at radius 2 is 1.88 bits per heavy atom. The van der Waals surface area contributed by atoms with Gasteiger partial charge in [0.1, 0.15) is 23.2 Å². The number of aromatic nitrogens is 4. The van der Waals surface area contributed by atoms with E-state index in [-0.39, 0.29) is 42.4 Å². The highest BCUT2D eigenvalue weighted by Gasteiger charge is 2.59. The molecule has 34 heavy (non-hydrogen) atoms. The van der Waals surface area contributed by atoms with Gasteiger partial charge < -0.3 is 5.11 Å². The SMILES string of the molecule is C[C@]12CC[C@@H]3C4CC[C@](O)(C(F)F)C[C@H]4CC[C@H]3[C@@H]1CC[C@@H]2C(=O)Cn1nc2ccncc2n1. The molecule has 0 bridgehead atoms. The third-order valence-corrected chi connectivity index (χ3v) is 10.4. The van der Waals surface area contributed by atoms with Gasteiger partial charge in [-0.05, 0) is 98.9 Å². The van der Waals surface area contributed by atoms with Gasteiger partial charge in [0.05, 0.1) is 6.20 Å². The van der Waals surface area contributed by atoms with Crippen molar-refractivity contribution in [3.63, 3.8) is 0 Å². The number of halogens is 2. The third-order valence-electron chi connectivity index (χ3n) is 10.4. The van der Waals surface area contributed by atoms with Crippen molar-refractivity contribution in [1.82, 2.24) is 20.0 Å². The number of Topliss-reactive ketones (excluding diaryl/α,β-unsaturated/α-hetero) is 1. The zero-order chi connectivity index (χ0) is 23.7. The van der Waals surface area contributed by atoms with Crippen molar-refractivity contribution in [1.29, 1.82) is 0 Å². The average Bonchev–Trinajstić information content (AvgIpc) is 3.38. The molecule has 0 saturated heterocycles. The Bertz CT molecular complexity index is 1060. The van der Waals surface area contributed by atoms with E-state index in [1.54, 1.807) is 18.5 Å². The Kier molecular flexibility index (Phi) is 5.32. The molecule has 8 heteroatoms. The molecule has 4 aliphatic rings. The lowest BCUT2D eigenvalue weighted by molar-refractivity contribution is -0.160. The van der Waals surface area contributed by atoms with Crippen LogP contribution < -0.4 is 0 Å². The quantitative estimate of drug-likeness (QED) is 0.700. The first-order chi connectivity index (χ1) is 16.3. The fourth-order valence-electron chi connectivity index (χ4n) is 8.77. The number of alkyl halides is 2. The molecule has 0 aliphatic heterocycles. The van der Waals surface area contributed by atoms with E-state index in [1.165, 1.54) is 4.80 Å². The van der Waals surface area contributed by atoms with E-state index in [0.717, 1.165) is 44.0 Å². The van der Waals surface area contributed by atoms with Gasteiger partial charge in [-0.3, -0.25) is 9.78 Å². The van der Waals surface area contributed by atoms with Crippen LogP contribution in [0.3, 0.4) is 0 Å². The minimum absolute atomic E-state index is 0.00239. The van der Waals surface area contributed by atoms with E-state index in [4.69, 9.17) is 0 Å². The van der Waals surface area contributed by atoms with Gasteiger partial charge in [-0.15, -0.1) is 0 Å². The maximum atomic E-state index is 13.5. The van der Waals surface area contributed by atoms with Crippen LogP contribution in [0.2, 0.25) is 0 Å². The molecule has 6 rings (SSSR count). The number of hydrogen-bond donors (Lipinski definition) is 1. The number of rotatable bonds is 4. The summed E-state index contributed by atoms with van der Waals surface area (Å²) < 4.78 is 26.9. The number of ketones is 1. The van der Waals surface area contributed by atoms with Crippen molar-refractivity contribution in [3.8, 4) is 0 Å². The van der Waals surface area contributed by atoms with Gasteiger partial charge in [0.2, 0.25) is 0 Å². The van der Waals surface area contributed by atoms with Crippen molar-refractivity contribution < 1.29 is 18.7 Å². The Morgan fingerprint density at radius 3 is 2.68 bits per heavy atom. The van der Waals surface area contributed by atoms with Gasteiger partial charge in [-0.25, -0.2) is 8.78 Å². The van der Waals surface area contributed by atoms with Crippen LogP contribution in [0.15, 0.2) is 18.5 Å². The summed E-state index contributed by atoms with van der Waals surface area (Å²) in [5.41, 5.74) is -0.336. The molecule has 1 N–H and O–H groups in total. The minimum Gasteiger partial charge on any atom is -0.384 e. The van der Waals surface area contributed by atoms with Crippen LogP contribution in [-0.2, 0) is 11.3 Å². The first-order valence-electron chi connectivity index (χ1n) is 13.0. The van der Waals surface area contributed by atoms with Crippen molar-refractivity contribution in [2.45, 2.75) is 83.3 Å². The number of nitrogens with zero attached hydrogens (tertiary/aromatic N) is 4. The first kappa shape index (κ1) is 22.5. The lowest BCUT2D eigenvalue weighted by Crippen LogP contribution is -2.53. The molecule has 1 unspecified atom stereocenters. The van der Waals surface area contributed by atoms with Gasteiger partial charge in [-0.1, -0.05) is 6.92 Å². The summed E-state index contributed by atoms with van der Waals surface area (Å²) in [5, 5.41) is 19.3. The standard InChI is InChI=1S/C26H34F2N4O2/c1-25-9-6-17-16-7-10-26(34,24(27)28)12-15(16)2-3-18(17)19(25)4-5-20(25)23(33)14-32-30-21-8-11-29-13-22(21)31-32/h8,11,13,15-20,24,34H,2-7,9-10,12,14H2,1H3/t15-,16?,17-,18-,19+,20-,25+,26-/m1/s1. The van der Waals surface area contributed by atoms with Gasteiger partial charge in [0.15, 0.2) is 5.78 Å². The van der Waals surface area contributed by atoms with Crippen LogP contribution in [0.1, 0.15) is 64.7 Å². The normalized spacial score (nSPS) is 41.8. The number of pyridine rings is 1. The van der Waals surface area contributed by atoms with Gasteiger partial charge in [0.25, 0.3) is 6.43 Å². The monoisotopic (exact) mass is 472 g/mol. The number of carbonyl (C=O) groups excluding carboxylic acids is 1. The number of fused-ring (bicyclic) bond motifs is 6. The van der Waals surface area contributed by atoms with Crippen LogP contribution in [0.4, 0.5) is 8.78 Å². The Hall–Kier alpha value is -1.96. The largest absolute Gasteiger partial charge is 0.384 e. The highest BCUT2D eigenvalue weighted by Crippen LogP contribution is 2.65. The van der Waals surface area contributed by atoms with Crippen LogP contribution in [-0.4, -0.2) is 42.9 Å².